The highest BCUT2D eigenvalue weighted by molar-refractivity contribution is 5.77. The number of fused-ring (bicyclic) bond motifs is 3. The van der Waals surface area contributed by atoms with Gasteiger partial charge >= 0.3 is 0 Å². The van der Waals surface area contributed by atoms with Crippen LogP contribution in [0.3, 0.4) is 0 Å². The highest BCUT2D eigenvalue weighted by Crippen LogP contribution is 2.38. The summed E-state index contributed by atoms with van der Waals surface area (Å²) in [6.07, 6.45) is 0.336. The highest BCUT2D eigenvalue weighted by Gasteiger charge is 2.20. The van der Waals surface area contributed by atoms with E-state index in [4.69, 9.17) is 0 Å². The van der Waals surface area contributed by atoms with Gasteiger partial charge in [0, 0.05) is 0 Å². The van der Waals surface area contributed by atoms with Gasteiger partial charge in [0.2, 0.25) is 0 Å². The van der Waals surface area contributed by atoms with E-state index in [9.17, 15) is 5.11 Å². The second-order valence-corrected chi connectivity index (χ2v) is 7.14. The lowest BCUT2D eigenvalue weighted by Gasteiger charge is -2.14. The van der Waals surface area contributed by atoms with Crippen LogP contribution in [-0.4, -0.2) is 5.11 Å². The Kier molecular flexibility index (Phi) is 3.88. The Balaban J connectivity index is 1.43. The molecule has 0 aliphatic heterocycles. The molecular formula is C26H20O. The van der Waals surface area contributed by atoms with Gasteiger partial charge in [0.1, 0.15) is 6.10 Å². The first-order valence-corrected chi connectivity index (χ1v) is 9.34. The standard InChI is InChI=1S/C26H20O/c27-26(20-12-10-19(11-13-20)18-6-2-1-3-7-18)22-14-15-25-23(17-22)16-21-8-4-5-9-24(21)25/h1-15,17,26-27H,16H2/t26-/m0/s1. The molecule has 0 heterocycles. The van der Waals surface area contributed by atoms with Crippen LogP contribution < -0.4 is 0 Å². The summed E-state index contributed by atoms with van der Waals surface area (Å²) in [5, 5.41) is 10.9. The van der Waals surface area contributed by atoms with E-state index in [-0.39, 0.29) is 0 Å². The molecule has 1 aliphatic carbocycles. The van der Waals surface area contributed by atoms with Crippen LogP contribution in [0.25, 0.3) is 22.3 Å². The van der Waals surface area contributed by atoms with E-state index in [1.54, 1.807) is 0 Å². The molecule has 0 fully saturated rings. The van der Waals surface area contributed by atoms with E-state index in [1.807, 2.05) is 30.3 Å². The predicted octanol–water partition coefficient (Wildman–Crippen LogP) is 6.01. The van der Waals surface area contributed by atoms with E-state index in [1.165, 1.54) is 27.8 Å². The topological polar surface area (TPSA) is 20.2 Å². The van der Waals surface area contributed by atoms with Crippen molar-refractivity contribution in [2.24, 2.45) is 0 Å². The Morgan fingerprint density at radius 3 is 2.00 bits per heavy atom. The Hall–Kier alpha value is -3.16. The third kappa shape index (κ3) is 2.87. The van der Waals surface area contributed by atoms with Gasteiger partial charge in [-0.2, -0.15) is 0 Å². The third-order valence-corrected chi connectivity index (χ3v) is 5.47. The van der Waals surface area contributed by atoms with E-state index < -0.39 is 6.10 Å². The van der Waals surface area contributed by atoms with Crippen LogP contribution in [0, 0.1) is 0 Å². The Bertz CT molecular complexity index is 1090. The molecule has 0 saturated heterocycles. The molecule has 0 unspecified atom stereocenters. The second kappa shape index (κ2) is 6.53. The molecule has 0 bridgehead atoms. The van der Waals surface area contributed by atoms with E-state index in [0.29, 0.717) is 0 Å². The molecule has 1 nitrogen and oxygen atoms in total. The first kappa shape index (κ1) is 16.0. The van der Waals surface area contributed by atoms with Crippen LogP contribution in [0.15, 0.2) is 97.1 Å². The average molecular weight is 348 g/mol. The molecule has 0 spiro atoms. The highest BCUT2D eigenvalue weighted by atomic mass is 16.3. The van der Waals surface area contributed by atoms with Crippen molar-refractivity contribution in [3.05, 3.63) is 119 Å². The number of aliphatic hydroxyl groups excluding tert-OH is 1. The van der Waals surface area contributed by atoms with Crippen molar-refractivity contribution in [2.75, 3.05) is 0 Å². The summed E-state index contributed by atoms with van der Waals surface area (Å²) >= 11 is 0. The molecule has 4 aromatic carbocycles. The summed E-state index contributed by atoms with van der Waals surface area (Å²) in [6.45, 7) is 0. The maximum Gasteiger partial charge on any atom is 0.104 e. The van der Waals surface area contributed by atoms with Crippen LogP contribution in [0.4, 0.5) is 0 Å². The monoisotopic (exact) mass is 348 g/mol. The zero-order valence-electron chi connectivity index (χ0n) is 15.0. The first-order valence-electron chi connectivity index (χ1n) is 9.34. The summed E-state index contributed by atoms with van der Waals surface area (Å²) < 4.78 is 0. The van der Waals surface area contributed by atoms with Crippen molar-refractivity contribution in [3.8, 4) is 22.3 Å². The zero-order valence-corrected chi connectivity index (χ0v) is 15.0. The number of hydrogen-bond donors (Lipinski definition) is 1. The maximum atomic E-state index is 10.9. The Morgan fingerprint density at radius 1 is 0.556 bits per heavy atom. The molecule has 1 N–H and O–H groups in total. The number of rotatable bonds is 3. The lowest BCUT2D eigenvalue weighted by Crippen LogP contribution is -2.00. The van der Waals surface area contributed by atoms with Gasteiger partial charge in [0.25, 0.3) is 0 Å². The molecule has 27 heavy (non-hydrogen) atoms. The third-order valence-electron chi connectivity index (χ3n) is 5.47. The van der Waals surface area contributed by atoms with Crippen LogP contribution in [0.1, 0.15) is 28.4 Å². The summed E-state index contributed by atoms with van der Waals surface area (Å²) in [4.78, 5) is 0. The molecule has 0 radical (unpaired) electrons. The largest absolute Gasteiger partial charge is 0.384 e. The first-order chi connectivity index (χ1) is 13.3. The van der Waals surface area contributed by atoms with Gasteiger partial charge < -0.3 is 5.11 Å². The van der Waals surface area contributed by atoms with Crippen molar-refractivity contribution in [1.82, 2.24) is 0 Å². The SMILES string of the molecule is O[C@@H](c1ccc(-c2ccccc2)cc1)c1ccc2c(c1)Cc1ccccc1-2. The van der Waals surface area contributed by atoms with Gasteiger partial charge in [-0.25, -0.2) is 0 Å². The van der Waals surface area contributed by atoms with Crippen molar-refractivity contribution in [2.45, 2.75) is 12.5 Å². The Labute approximate surface area is 159 Å². The van der Waals surface area contributed by atoms with Crippen LogP contribution in [0.5, 0.6) is 0 Å². The quantitative estimate of drug-likeness (QED) is 0.423. The van der Waals surface area contributed by atoms with Crippen LogP contribution in [0.2, 0.25) is 0 Å². The minimum Gasteiger partial charge on any atom is -0.384 e. The predicted molar refractivity (Wildman–Crippen MR) is 111 cm³/mol. The van der Waals surface area contributed by atoms with Crippen molar-refractivity contribution < 1.29 is 5.11 Å². The van der Waals surface area contributed by atoms with Gasteiger partial charge in [-0.05, 0) is 50.9 Å². The molecule has 0 aromatic heterocycles. The molecule has 1 aliphatic rings. The molecule has 5 rings (SSSR count). The minimum absolute atomic E-state index is 0.608. The summed E-state index contributed by atoms with van der Waals surface area (Å²) in [6, 6.07) is 33.4. The maximum absolute atomic E-state index is 10.9. The van der Waals surface area contributed by atoms with E-state index in [2.05, 4.69) is 66.7 Å². The van der Waals surface area contributed by atoms with Crippen molar-refractivity contribution in [1.29, 1.82) is 0 Å². The molecule has 1 heteroatoms. The van der Waals surface area contributed by atoms with Gasteiger partial charge in [-0.3, -0.25) is 0 Å². The molecule has 1 atom stereocenters. The average Bonchev–Trinajstić information content (AvgIpc) is 3.12. The summed E-state index contributed by atoms with van der Waals surface area (Å²) in [5.41, 5.74) is 9.51. The lowest BCUT2D eigenvalue weighted by atomic mass is 9.95. The van der Waals surface area contributed by atoms with Crippen LogP contribution >= 0.6 is 0 Å². The van der Waals surface area contributed by atoms with Gasteiger partial charge in [0.05, 0.1) is 0 Å². The molecule has 0 amide bonds. The van der Waals surface area contributed by atoms with Gasteiger partial charge in [-0.15, -0.1) is 0 Å². The fraction of sp³-hybridized carbons (Fsp3) is 0.0769. The van der Waals surface area contributed by atoms with Gasteiger partial charge in [0.15, 0.2) is 0 Å². The minimum atomic E-state index is -0.608. The number of aliphatic hydroxyl groups is 1. The fourth-order valence-corrected chi connectivity index (χ4v) is 4.02. The molecule has 130 valence electrons. The summed E-state index contributed by atoms with van der Waals surface area (Å²) in [5.74, 6) is 0. The normalized spacial score (nSPS) is 13.1. The lowest BCUT2D eigenvalue weighted by molar-refractivity contribution is 0.220. The number of benzene rings is 4. The molecule has 4 aromatic rings. The molecule has 0 saturated carbocycles. The van der Waals surface area contributed by atoms with Crippen LogP contribution in [-0.2, 0) is 6.42 Å². The Morgan fingerprint density at radius 2 is 1.19 bits per heavy atom. The fourth-order valence-electron chi connectivity index (χ4n) is 4.02. The van der Waals surface area contributed by atoms with Gasteiger partial charge in [-0.1, -0.05) is 97.1 Å². The zero-order chi connectivity index (χ0) is 18.2. The van der Waals surface area contributed by atoms with E-state index in [0.717, 1.165) is 23.1 Å². The van der Waals surface area contributed by atoms with Crippen molar-refractivity contribution in [3.63, 3.8) is 0 Å². The van der Waals surface area contributed by atoms with E-state index >= 15 is 0 Å². The smallest absolute Gasteiger partial charge is 0.104 e. The van der Waals surface area contributed by atoms with Crippen molar-refractivity contribution >= 4 is 0 Å². The second-order valence-electron chi connectivity index (χ2n) is 7.14. The molecular weight excluding hydrogens is 328 g/mol. The number of hydrogen-bond acceptors (Lipinski definition) is 1. The summed E-state index contributed by atoms with van der Waals surface area (Å²) in [7, 11) is 0.